The number of amides is 3. The molecule has 0 spiro atoms. The van der Waals surface area contributed by atoms with E-state index in [-0.39, 0.29) is 13.0 Å². The number of aliphatic carboxylic acids is 2. The molecule has 4 atom stereocenters. The summed E-state index contributed by atoms with van der Waals surface area (Å²) in [7, 11) is 0. The van der Waals surface area contributed by atoms with Gasteiger partial charge in [0.25, 0.3) is 0 Å². The highest BCUT2D eigenvalue weighted by molar-refractivity contribution is 5.95. The molecule has 0 aliphatic carbocycles. The number of nitrogens with zero attached hydrogens (tertiary/aromatic N) is 1. The summed E-state index contributed by atoms with van der Waals surface area (Å²) in [4.78, 5) is 60.7. The fraction of sp³-hybridized carbons (Fsp3) is 0.722. The minimum atomic E-state index is -1.27. The van der Waals surface area contributed by atoms with E-state index < -0.39 is 60.2 Å². The molecule has 170 valence electrons. The van der Waals surface area contributed by atoms with Gasteiger partial charge < -0.3 is 37.2 Å². The van der Waals surface area contributed by atoms with Crippen LogP contribution in [0.1, 0.15) is 45.4 Å². The highest BCUT2D eigenvalue weighted by atomic mass is 16.4. The highest BCUT2D eigenvalue weighted by Gasteiger charge is 2.38. The summed E-state index contributed by atoms with van der Waals surface area (Å²) in [5.74, 6) is -4.29. The fourth-order valence-electron chi connectivity index (χ4n) is 3.20. The van der Waals surface area contributed by atoms with E-state index >= 15 is 0 Å². The van der Waals surface area contributed by atoms with E-state index in [1.54, 1.807) is 0 Å². The van der Waals surface area contributed by atoms with Gasteiger partial charge in [-0.1, -0.05) is 0 Å². The van der Waals surface area contributed by atoms with Crippen LogP contribution in [-0.4, -0.2) is 82.0 Å². The van der Waals surface area contributed by atoms with Crippen LogP contribution in [0, 0.1) is 0 Å². The first kappa shape index (κ1) is 25.3. The van der Waals surface area contributed by atoms with Crippen molar-refractivity contribution in [2.24, 2.45) is 11.5 Å². The number of carbonyl (C=O) groups excluding carboxylic acids is 3. The van der Waals surface area contributed by atoms with Gasteiger partial charge in [0.2, 0.25) is 17.7 Å². The van der Waals surface area contributed by atoms with Crippen molar-refractivity contribution in [2.75, 3.05) is 13.1 Å². The third-order valence-corrected chi connectivity index (χ3v) is 4.86. The van der Waals surface area contributed by atoms with Crippen LogP contribution in [0.25, 0.3) is 0 Å². The second-order valence-corrected chi connectivity index (χ2v) is 7.31. The van der Waals surface area contributed by atoms with E-state index in [4.69, 9.17) is 21.7 Å². The first-order valence-corrected chi connectivity index (χ1v) is 9.90. The summed E-state index contributed by atoms with van der Waals surface area (Å²) in [6, 6.07) is -4.27. The second kappa shape index (κ2) is 12.1. The van der Waals surface area contributed by atoms with Gasteiger partial charge in [-0.2, -0.15) is 0 Å². The molecule has 30 heavy (non-hydrogen) atoms. The van der Waals surface area contributed by atoms with E-state index in [1.165, 1.54) is 11.8 Å². The summed E-state index contributed by atoms with van der Waals surface area (Å²) in [6.07, 6.45) is 1.73. The number of nitrogens with one attached hydrogen (secondary N) is 2. The second-order valence-electron chi connectivity index (χ2n) is 7.31. The summed E-state index contributed by atoms with van der Waals surface area (Å²) in [6.45, 7) is 1.96. The maximum atomic E-state index is 12.8. The molecule has 1 saturated heterocycles. The minimum Gasteiger partial charge on any atom is -0.481 e. The molecular weight excluding hydrogens is 398 g/mol. The van der Waals surface area contributed by atoms with Crippen LogP contribution in [0.15, 0.2) is 0 Å². The standard InChI is InChI=1S/C18H31N5O7/c1-10(18(29)30)21-15(26)12(5-2-3-7-19)22-16(27)13-6-4-8-23(13)17(28)11(20)9-14(24)25/h10-13H,2-9,19-20H2,1H3,(H,21,26)(H,22,27)(H,24,25)(H,29,30). The van der Waals surface area contributed by atoms with Crippen LogP contribution in [0.2, 0.25) is 0 Å². The molecule has 1 fully saturated rings. The number of carboxylic acid groups (broad SMARTS) is 2. The molecule has 1 heterocycles. The number of carbonyl (C=O) groups is 5. The number of rotatable bonds is 12. The van der Waals surface area contributed by atoms with Crippen LogP contribution < -0.4 is 22.1 Å². The van der Waals surface area contributed by atoms with Crippen LogP contribution in [0.5, 0.6) is 0 Å². The third kappa shape index (κ3) is 7.59. The lowest BCUT2D eigenvalue weighted by Crippen LogP contribution is -2.56. The maximum Gasteiger partial charge on any atom is 0.325 e. The van der Waals surface area contributed by atoms with Crippen molar-refractivity contribution < 1.29 is 34.2 Å². The van der Waals surface area contributed by atoms with E-state index in [0.29, 0.717) is 32.2 Å². The Labute approximate surface area is 174 Å². The summed E-state index contributed by atoms with van der Waals surface area (Å²) in [5.41, 5.74) is 11.1. The monoisotopic (exact) mass is 429 g/mol. The van der Waals surface area contributed by atoms with Crippen molar-refractivity contribution >= 4 is 29.7 Å². The molecule has 3 amide bonds. The lowest BCUT2D eigenvalue weighted by molar-refractivity contribution is -0.144. The predicted molar refractivity (Wildman–Crippen MR) is 105 cm³/mol. The molecule has 1 aliphatic heterocycles. The first-order valence-electron chi connectivity index (χ1n) is 9.90. The van der Waals surface area contributed by atoms with Crippen molar-refractivity contribution in [3.8, 4) is 0 Å². The van der Waals surface area contributed by atoms with Crippen LogP contribution in [0.4, 0.5) is 0 Å². The largest absolute Gasteiger partial charge is 0.481 e. The molecule has 0 radical (unpaired) electrons. The van der Waals surface area contributed by atoms with Gasteiger partial charge >= 0.3 is 11.9 Å². The summed E-state index contributed by atoms with van der Waals surface area (Å²) < 4.78 is 0. The lowest BCUT2D eigenvalue weighted by Gasteiger charge is -2.28. The molecular formula is C18H31N5O7. The summed E-state index contributed by atoms with van der Waals surface area (Å²) >= 11 is 0. The Morgan fingerprint density at radius 2 is 1.80 bits per heavy atom. The van der Waals surface area contributed by atoms with Gasteiger partial charge in [-0.15, -0.1) is 0 Å². The Morgan fingerprint density at radius 3 is 2.37 bits per heavy atom. The summed E-state index contributed by atoms with van der Waals surface area (Å²) in [5, 5.41) is 22.7. The Kier molecular flexibility index (Phi) is 10.2. The molecule has 0 aromatic carbocycles. The topological polar surface area (TPSA) is 205 Å². The maximum absolute atomic E-state index is 12.8. The number of unbranched alkanes of at least 4 members (excludes halogenated alkanes) is 1. The Balaban J connectivity index is 2.84. The predicted octanol–water partition coefficient (Wildman–Crippen LogP) is -2.02. The van der Waals surface area contributed by atoms with E-state index in [9.17, 15) is 24.0 Å². The first-order chi connectivity index (χ1) is 14.1. The zero-order valence-electron chi connectivity index (χ0n) is 17.0. The minimum absolute atomic E-state index is 0.250. The highest BCUT2D eigenvalue weighted by Crippen LogP contribution is 2.19. The van der Waals surface area contributed by atoms with E-state index in [0.717, 1.165) is 0 Å². The zero-order chi connectivity index (χ0) is 22.8. The van der Waals surface area contributed by atoms with Crippen molar-refractivity contribution in [2.45, 2.75) is 69.6 Å². The quantitative estimate of drug-likeness (QED) is 0.189. The Bertz CT molecular complexity index is 657. The molecule has 1 rings (SSSR count). The van der Waals surface area contributed by atoms with Crippen LogP contribution >= 0.6 is 0 Å². The fourth-order valence-corrected chi connectivity index (χ4v) is 3.20. The van der Waals surface area contributed by atoms with Gasteiger partial charge in [0.1, 0.15) is 18.1 Å². The molecule has 1 aliphatic rings. The molecule has 12 nitrogen and oxygen atoms in total. The average molecular weight is 429 g/mol. The van der Waals surface area contributed by atoms with Gasteiger partial charge in [0.05, 0.1) is 12.5 Å². The number of carboxylic acids is 2. The van der Waals surface area contributed by atoms with Gasteiger partial charge in [-0.3, -0.25) is 24.0 Å². The molecule has 12 heteroatoms. The molecule has 0 bridgehead atoms. The third-order valence-electron chi connectivity index (χ3n) is 4.86. The van der Waals surface area contributed by atoms with Gasteiger partial charge in [0, 0.05) is 6.54 Å². The smallest absolute Gasteiger partial charge is 0.325 e. The average Bonchev–Trinajstić information content (AvgIpc) is 3.15. The van der Waals surface area contributed by atoms with E-state index in [2.05, 4.69) is 10.6 Å². The normalized spacial score (nSPS) is 18.9. The number of nitrogens with two attached hydrogens (primary N) is 2. The lowest BCUT2D eigenvalue weighted by atomic mass is 10.1. The number of hydrogen-bond acceptors (Lipinski definition) is 7. The van der Waals surface area contributed by atoms with Crippen LogP contribution in [0.3, 0.4) is 0 Å². The zero-order valence-corrected chi connectivity index (χ0v) is 17.0. The Hall–Kier alpha value is -2.73. The van der Waals surface area contributed by atoms with Gasteiger partial charge in [-0.05, 0) is 45.6 Å². The van der Waals surface area contributed by atoms with Crippen molar-refractivity contribution in [3.05, 3.63) is 0 Å². The van der Waals surface area contributed by atoms with Crippen LogP contribution in [-0.2, 0) is 24.0 Å². The number of hydrogen-bond donors (Lipinski definition) is 6. The van der Waals surface area contributed by atoms with Crippen molar-refractivity contribution in [1.29, 1.82) is 0 Å². The SMILES string of the molecule is CC(NC(=O)C(CCCCN)NC(=O)C1CCCN1C(=O)C(N)CC(=O)O)C(=O)O. The molecule has 0 aromatic rings. The molecule has 0 saturated carbocycles. The number of likely N-dealkylation sites (tertiary alicyclic amines) is 1. The van der Waals surface area contributed by atoms with Gasteiger partial charge in [-0.25, -0.2) is 0 Å². The molecule has 4 unspecified atom stereocenters. The van der Waals surface area contributed by atoms with Crippen molar-refractivity contribution in [1.82, 2.24) is 15.5 Å². The van der Waals surface area contributed by atoms with Crippen molar-refractivity contribution in [3.63, 3.8) is 0 Å². The molecule has 0 aromatic heterocycles. The Morgan fingerprint density at radius 1 is 1.13 bits per heavy atom. The molecule has 8 N–H and O–H groups in total. The van der Waals surface area contributed by atoms with Gasteiger partial charge in [0.15, 0.2) is 0 Å². The van der Waals surface area contributed by atoms with E-state index in [1.807, 2.05) is 0 Å².